The maximum atomic E-state index is 13.4. The molecule has 41 heavy (non-hydrogen) atoms. The molecule has 1 fully saturated rings. The number of ether oxygens (including phenoxy) is 3. The lowest BCUT2D eigenvalue weighted by Crippen LogP contribution is -2.22. The normalized spacial score (nSPS) is 17.8. The fourth-order valence-electron chi connectivity index (χ4n) is 4.76. The van der Waals surface area contributed by atoms with Crippen molar-refractivity contribution >= 4 is 14.0 Å². The second-order valence-electron chi connectivity index (χ2n) is 11.6. The molecule has 0 radical (unpaired) electrons. The van der Waals surface area contributed by atoms with Crippen molar-refractivity contribution in [2.75, 3.05) is 20.3 Å². The van der Waals surface area contributed by atoms with Crippen LogP contribution >= 0.6 is 0 Å². The van der Waals surface area contributed by atoms with E-state index >= 15 is 0 Å². The molecule has 8 nitrogen and oxygen atoms in total. The summed E-state index contributed by atoms with van der Waals surface area (Å²) in [6.07, 6.45) is 3.31. The van der Waals surface area contributed by atoms with Gasteiger partial charge in [0, 0.05) is 56.5 Å². The Morgan fingerprint density at radius 3 is 2.49 bits per heavy atom. The summed E-state index contributed by atoms with van der Waals surface area (Å²) < 4.78 is 58.0. The van der Waals surface area contributed by atoms with Gasteiger partial charge in [0.25, 0.3) is 0 Å². The molecule has 222 valence electrons. The molecule has 0 amide bonds. The highest BCUT2D eigenvalue weighted by molar-refractivity contribution is 6.76. The van der Waals surface area contributed by atoms with Crippen LogP contribution in [0.5, 0.6) is 5.88 Å². The first kappa shape index (κ1) is 30.7. The summed E-state index contributed by atoms with van der Waals surface area (Å²) in [5.74, 6) is 0.752. The number of hydrogen-bond acceptors (Lipinski definition) is 7. The molecule has 3 aromatic rings. The van der Waals surface area contributed by atoms with E-state index in [1.807, 2.05) is 6.07 Å². The van der Waals surface area contributed by atoms with E-state index in [0.29, 0.717) is 36.1 Å². The number of pyridine rings is 2. The smallest absolute Gasteiger partial charge is 0.434 e. The third-order valence-corrected chi connectivity index (χ3v) is 8.93. The van der Waals surface area contributed by atoms with Crippen LogP contribution in [-0.4, -0.2) is 53.9 Å². The van der Waals surface area contributed by atoms with Gasteiger partial charge in [-0.05, 0) is 55.8 Å². The number of methoxy groups -OCH3 is 1. The minimum Gasteiger partial charge on any atom is -0.477 e. The zero-order valence-corrected chi connectivity index (χ0v) is 24.9. The summed E-state index contributed by atoms with van der Waals surface area (Å²) in [4.78, 5) is 24.4. The molecule has 0 unspecified atom stereocenters. The number of carbonyl (C=O) groups is 1. The first-order valence-electron chi connectivity index (χ1n) is 13.8. The van der Waals surface area contributed by atoms with Crippen LogP contribution in [-0.2, 0) is 22.4 Å². The number of rotatable bonds is 11. The highest BCUT2D eigenvalue weighted by atomic mass is 28.3. The van der Waals surface area contributed by atoms with Crippen LogP contribution in [0.3, 0.4) is 0 Å². The van der Waals surface area contributed by atoms with E-state index in [2.05, 4.69) is 34.6 Å². The number of alkyl halides is 3. The SMILES string of the molecule is COC(=O)c1ccnc(OCC2CCC(c3ccc(-c4nc(C(F)(F)F)cn4COCC[Si](C)(C)C)cn3)CC2)c1. The van der Waals surface area contributed by atoms with Crippen molar-refractivity contribution in [3.63, 3.8) is 0 Å². The lowest BCUT2D eigenvalue weighted by molar-refractivity contribution is -0.141. The van der Waals surface area contributed by atoms with Crippen molar-refractivity contribution in [3.8, 4) is 17.3 Å². The first-order valence-corrected chi connectivity index (χ1v) is 17.5. The van der Waals surface area contributed by atoms with E-state index in [4.69, 9.17) is 14.2 Å². The summed E-state index contributed by atoms with van der Waals surface area (Å²) in [5, 5.41) is 0. The Kier molecular flexibility index (Phi) is 9.85. The van der Waals surface area contributed by atoms with Crippen molar-refractivity contribution in [2.45, 2.75) is 70.2 Å². The van der Waals surface area contributed by atoms with E-state index in [9.17, 15) is 18.0 Å². The summed E-state index contributed by atoms with van der Waals surface area (Å²) in [6.45, 7) is 7.66. The predicted octanol–water partition coefficient (Wildman–Crippen LogP) is 6.81. The summed E-state index contributed by atoms with van der Waals surface area (Å²) in [6, 6.07) is 7.75. The van der Waals surface area contributed by atoms with Crippen molar-refractivity contribution < 1.29 is 32.2 Å². The van der Waals surface area contributed by atoms with E-state index in [0.717, 1.165) is 43.6 Å². The van der Waals surface area contributed by atoms with Crippen LogP contribution in [0.25, 0.3) is 11.4 Å². The molecule has 0 aromatic carbocycles. The van der Waals surface area contributed by atoms with Crippen molar-refractivity contribution in [1.29, 1.82) is 0 Å². The highest BCUT2D eigenvalue weighted by Crippen LogP contribution is 2.36. The third-order valence-electron chi connectivity index (χ3n) is 7.23. The van der Waals surface area contributed by atoms with E-state index in [1.165, 1.54) is 17.9 Å². The monoisotopic (exact) mass is 590 g/mol. The molecule has 0 aliphatic heterocycles. The van der Waals surface area contributed by atoms with Crippen molar-refractivity contribution in [1.82, 2.24) is 19.5 Å². The second-order valence-corrected chi connectivity index (χ2v) is 17.3. The number of imidazole rings is 1. The van der Waals surface area contributed by atoms with Gasteiger partial charge in [-0.1, -0.05) is 19.6 Å². The Morgan fingerprint density at radius 2 is 1.85 bits per heavy atom. The molecule has 1 aliphatic rings. The van der Waals surface area contributed by atoms with Crippen LogP contribution in [0.1, 0.15) is 53.3 Å². The van der Waals surface area contributed by atoms with Crippen LogP contribution in [0.4, 0.5) is 13.2 Å². The van der Waals surface area contributed by atoms with Crippen LogP contribution < -0.4 is 4.74 Å². The average molecular weight is 591 g/mol. The fraction of sp³-hybridized carbons (Fsp3) is 0.517. The molecule has 0 N–H and O–H groups in total. The molecule has 0 atom stereocenters. The largest absolute Gasteiger partial charge is 0.477 e. The van der Waals surface area contributed by atoms with Gasteiger partial charge < -0.3 is 18.8 Å². The van der Waals surface area contributed by atoms with Crippen molar-refractivity contribution in [2.24, 2.45) is 5.92 Å². The summed E-state index contributed by atoms with van der Waals surface area (Å²) >= 11 is 0. The molecule has 4 rings (SSSR count). The number of esters is 1. The standard InChI is InChI=1S/C29H37F3N4O4Si/c1-38-28(37)22-11-12-33-26(15-22)40-18-20-5-7-21(8-6-20)24-10-9-23(16-34-24)27-35-25(29(30,31)32)17-36(27)19-39-13-14-41(2,3)4/h9-12,15-17,20-21H,5-8,13-14,18-19H2,1-4H3. The quantitative estimate of drug-likeness (QED) is 0.138. The first-order chi connectivity index (χ1) is 19.4. The maximum absolute atomic E-state index is 13.4. The van der Waals surface area contributed by atoms with Gasteiger partial charge >= 0.3 is 12.1 Å². The Balaban J connectivity index is 1.34. The van der Waals surface area contributed by atoms with Gasteiger partial charge in [0.05, 0.1) is 19.3 Å². The highest BCUT2D eigenvalue weighted by Gasteiger charge is 2.35. The maximum Gasteiger partial charge on any atom is 0.434 e. The summed E-state index contributed by atoms with van der Waals surface area (Å²) in [5.41, 5.74) is 0.878. The third kappa shape index (κ3) is 8.62. The van der Waals surface area contributed by atoms with Gasteiger partial charge in [0.15, 0.2) is 5.69 Å². The van der Waals surface area contributed by atoms with Crippen LogP contribution in [0.15, 0.2) is 42.9 Å². The average Bonchev–Trinajstić information content (AvgIpc) is 3.39. The van der Waals surface area contributed by atoms with Gasteiger partial charge in [-0.25, -0.2) is 14.8 Å². The number of hydrogen-bond donors (Lipinski definition) is 0. The van der Waals surface area contributed by atoms with E-state index < -0.39 is 25.9 Å². The molecule has 0 spiro atoms. The van der Waals surface area contributed by atoms with Crippen LogP contribution in [0, 0.1) is 5.92 Å². The van der Waals surface area contributed by atoms with Gasteiger partial charge in [0.1, 0.15) is 12.6 Å². The van der Waals surface area contributed by atoms with Crippen LogP contribution in [0.2, 0.25) is 25.7 Å². The minimum atomic E-state index is -4.55. The molecular formula is C29H37F3N4O4Si. The molecule has 1 saturated carbocycles. The fourth-order valence-corrected chi connectivity index (χ4v) is 5.52. The van der Waals surface area contributed by atoms with Gasteiger partial charge in [-0.3, -0.25) is 4.98 Å². The zero-order valence-electron chi connectivity index (χ0n) is 23.9. The van der Waals surface area contributed by atoms with Gasteiger partial charge in [0.2, 0.25) is 5.88 Å². The Morgan fingerprint density at radius 1 is 1.10 bits per heavy atom. The molecule has 12 heteroatoms. The van der Waals surface area contributed by atoms with Gasteiger partial charge in [-0.15, -0.1) is 0 Å². The Hall–Kier alpha value is -3.25. The van der Waals surface area contributed by atoms with E-state index in [1.54, 1.807) is 24.4 Å². The number of aromatic nitrogens is 4. The zero-order chi connectivity index (χ0) is 29.6. The lowest BCUT2D eigenvalue weighted by atomic mass is 9.80. The van der Waals surface area contributed by atoms with E-state index in [-0.39, 0.29) is 18.5 Å². The summed E-state index contributed by atoms with van der Waals surface area (Å²) in [7, 11) is 0.0102. The molecule has 0 saturated heterocycles. The Bertz CT molecular complexity index is 1300. The minimum absolute atomic E-state index is 0.000762. The second kappa shape index (κ2) is 13.2. The number of carbonyl (C=O) groups excluding carboxylic acids is 1. The topological polar surface area (TPSA) is 88.4 Å². The predicted molar refractivity (Wildman–Crippen MR) is 150 cm³/mol. The van der Waals surface area contributed by atoms with Crippen molar-refractivity contribution in [3.05, 3.63) is 59.8 Å². The molecule has 3 heterocycles. The molecule has 1 aliphatic carbocycles. The number of nitrogens with zero attached hydrogens (tertiary/aromatic N) is 4. The molecule has 3 aromatic heterocycles. The van der Waals surface area contributed by atoms with Gasteiger partial charge in [-0.2, -0.15) is 13.2 Å². The Labute approximate surface area is 239 Å². The lowest BCUT2D eigenvalue weighted by Gasteiger charge is -2.28. The molecular weight excluding hydrogens is 553 g/mol. The molecule has 0 bridgehead atoms. The number of halogens is 3.